The molecule has 1 aromatic rings. The van der Waals surface area contributed by atoms with Crippen LogP contribution in [-0.2, 0) is 5.54 Å². The summed E-state index contributed by atoms with van der Waals surface area (Å²) in [6.45, 7) is 0. The number of hydrogen-bond donors (Lipinski definition) is 2. The number of rotatable bonds is 1. The molecule has 14 heavy (non-hydrogen) atoms. The van der Waals surface area contributed by atoms with E-state index in [9.17, 15) is 9.50 Å². The van der Waals surface area contributed by atoms with Gasteiger partial charge in [0.25, 0.3) is 0 Å². The number of phenolic OH excluding ortho intramolecular Hbond substituents is 1. The number of nitrogens with two attached hydrogens (primary N) is 1. The van der Waals surface area contributed by atoms with E-state index in [1.54, 1.807) is 6.07 Å². The molecule has 3 N–H and O–H groups in total. The average Bonchev–Trinajstić information content (AvgIpc) is 2.58. The smallest absolute Gasteiger partial charge is 0.164 e. The van der Waals surface area contributed by atoms with Crippen molar-refractivity contribution in [2.45, 2.75) is 31.2 Å². The van der Waals surface area contributed by atoms with E-state index in [1.165, 1.54) is 12.1 Å². The molecule has 0 atom stereocenters. The van der Waals surface area contributed by atoms with Crippen LogP contribution in [0.1, 0.15) is 31.2 Å². The molecule has 1 aromatic carbocycles. The predicted octanol–water partition coefficient (Wildman–Crippen LogP) is 2.26. The SMILES string of the molecule is NC1(c2ccc(F)c(O)c2)CCCC1. The molecule has 0 spiro atoms. The first-order valence-electron chi connectivity index (χ1n) is 4.90. The molecule has 0 radical (unpaired) electrons. The molecule has 1 aliphatic carbocycles. The summed E-state index contributed by atoms with van der Waals surface area (Å²) in [6, 6.07) is 4.39. The molecule has 0 bridgehead atoms. The van der Waals surface area contributed by atoms with E-state index in [0.29, 0.717) is 0 Å². The Bertz CT molecular complexity index is 345. The van der Waals surface area contributed by atoms with E-state index in [0.717, 1.165) is 31.2 Å². The first-order chi connectivity index (χ1) is 6.62. The van der Waals surface area contributed by atoms with Crippen molar-refractivity contribution in [3.05, 3.63) is 29.6 Å². The number of phenols is 1. The molecule has 3 heteroatoms. The lowest BCUT2D eigenvalue weighted by Gasteiger charge is -2.24. The van der Waals surface area contributed by atoms with Crippen LogP contribution in [0.25, 0.3) is 0 Å². The fourth-order valence-corrected chi connectivity index (χ4v) is 2.12. The third kappa shape index (κ3) is 1.48. The zero-order valence-corrected chi connectivity index (χ0v) is 7.96. The van der Waals surface area contributed by atoms with E-state index in [-0.39, 0.29) is 11.3 Å². The standard InChI is InChI=1S/C11H14FNO/c12-9-4-3-8(7-10(9)14)11(13)5-1-2-6-11/h3-4,7,14H,1-2,5-6,13H2. The Labute approximate surface area is 82.5 Å². The highest BCUT2D eigenvalue weighted by molar-refractivity contribution is 5.34. The zero-order chi connectivity index (χ0) is 10.2. The minimum atomic E-state index is -0.588. The van der Waals surface area contributed by atoms with Crippen LogP contribution in [0.3, 0.4) is 0 Å². The Morgan fingerprint density at radius 1 is 1.29 bits per heavy atom. The number of halogens is 1. The van der Waals surface area contributed by atoms with Gasteiger partial charge >= 0.3 is 0 Å². The van der Waals surface area contributed by atoms with Crippen molar-refractivity contribution >= 4 is 0 Å². The van der Waals surface area contributed by atoms with Crippen LogP contribution in [-0.4, -0.2) is 5.11 Å². The van der Waals surface area contributed by atoms with Crippen molar-refractivity contribution in [2.24, 2.45) is 5.73 Å². The summed E-state index contributed by atoms with van der Waals surface area (Å²) in [5.41, 5.74) is 6.65. The first-order valence-corrected chi connectivity index (χ1v) is 4.90. The topological polar surface area (TPSA) is 46.2 Å². The first kappa shape index (κ1) is 9.46. The van der Waals surface area contributed by atoms with Gasteiger partial charge in [0.2, 0.25) is 0 Å². The molecule has 0 saturated heterocycles. The van der Waals surface area contributed by atoms with Crippen LogP contribution < -0.4 is 5.73 Å². The lowest BCUT2D eigenvalue weighted by Crippen LogP contribution is -2.32. The highest BCUT2D eigenvalue weighted by Gasteiger charge is 2.31. The molecule has 1 aliphatic rings. The van der Waals surface area contributed by atoms with Crippen LogP contribution in [0.4, 0.5) is 4.39 Å². The molecular weight excluding hydrogens is 181 g/mol. The molecule has 1 fully saturated rings. The van der Waals surface area contributed by atoms with Gasteiger partial charge < -0.3 is 10.8 Å². The maximum absolute atomic E-state index is 12.8. The third-order valence-electron chi connectivity index (χ3n) is 3.02. The molecule has 76 valence electrons. The minimum Gasteiger partial charge on any atom is -0.505 e. The highest BCUT2D eigenvalue weighted by atomic mass is 19.1. The van der Waals surface area contributed by atoms with E-state index in [4.69, 9.17) is 5.73 Å². The Balaban J connectivity index is 2.36. The minimum absolute atomic E-state index is 0.306. The molecule has 1 saturated carbocycles. The number of benzene rings is 1. The summed E-state index contributed by atoms with van der Waals surface area (Å²) in [6.07, 6.45) is 4.04. The maximum Gasteiger partial charge on any atom is 0.164 e. The summed E-state index contributed by atoms with van der Waals surface area (Å²) < 4.78 is 12.8. The lowest BCUT2D eigenvalue weighted by atomic mass is 9.89. The Hall–Kier alpha value is -1.09. The van der Waals surface area contributed by atoms with E-state index in [2.05, 4.69) is 0 Å². The molecule has 0 heterocycles. The molecule has 0 unspecified atom stereocenters. The van der Waals surface area contributed by atoms with Gasteiger partial charge in [0.05, 0.1) is 0 Å². The van der Waals surface area contributed by atoms with Gasteiger partial charge in [-0.2, -0.15) is 0 Å². The molecule has 0 aliphatic heterocycles. The normalized spacial score (nSPS) is 19.9. The van der Waals surface area contributed by atoms with E-state index >= 15 is 0 Å². The fraction of sp³-hybridized carbons (Fsp3) is 0.455. The van der Waals surface area contributed by atoms with Gasteiger partial charge in [0, 0.05) is 5.54 Å². The second-order valence-corrected chi connectivity index (χ2v) is 4.03. The highest BCUT2D eigenvalue weighted by Crippen LogP contribution is 2.37. The number of hydrogen-bond acceptors (Lipinski definition) is 2. The predicted molar refractivity (Wildman–Crippen MR) is 52.4 cm³/mol. The summed E-state index contributed by atoms with van der Waals surface area (Å²) in [5, 5.41) is 9.24. The van der Waals surface area contributed by atoms with Crippen LogP contribution in [0, 0.1) is 5.82 Å². The van der Waals surface area contributed by atoms with Crippen molar-refractivity contribution in [3.63, 3.8) is 0 Å². The zero-order valence-electron chi connectivity index (χ0n) is 7.96. The molecule has 2 nitrogen and oxygen atoms in total. The molecular formula is C11H14FNO. The Kier molecular flexibility index (Phi) is 2.19. The maximum atomic E-state index is 12.8. The van der Waals surface area contributed by atoms with Crippen molar-refractivity contribution in [1.29, 1.82) is 0 Å². The number of aromatic hydroxyl groups is 1. The van der Waals surface area contributed by atoms with Gasteiger partial charge in [-0.25, -0.2) is 4.39 Å². The van der Waals surface area contributed by atoms with Crippen LogP contribution in [0.2, 0.25) is 0 Å². The van der Waals surface area contributed by atoms with Gasteiger partial charge in [-0.3, -0.25) is 0 Å². The van der Waals surface area contributed by atoms with Crippen molar-refractivity contribution < 1.29 is 9.50 Å². The van der Waals surface area contributed by atoms with E-state index < -0.39 is 5.82 Å². The Morgan fingerprint density at radius 3 is 2.50 bits per heavy atom. The van der Waals surface area contributed by atoms with Gasteiger partial charge in [-0.05, 0) is 30.5 Å². The monoisotopic (exact) mass is 195 g/mol. The van der Waals surface area contributed by atoms with Crippen LogP contribution in [0.15, 0.2) is 18.2 Å². The van der Waals surface area contributed by atoms with Gasteiger partial charge in [0.1, 0.15) is 0 Å². The molecule has 0 aromatic heterocycles. The van der Waals surface area contributed by atoms with Crippen molar-refractivity contribution in [3.8, 4) is 5.75 Å². The summed E-state index contributed by atoms with van der Waals surface area (Å²) in [7, 11) is 0. The van der Waals surface area contributed by atoms with Gasteiger partial charge in [-0.1, -0.05) is 18.9 Å². The van der Waals surface area contributed by atoms with Crippen molar-refractivity contribution in [1.82, 2.24) is 0 Å². The van der Waals surface area contributed by atoms with Gasteiger partial charge in [-0.15, -0.1) is 0 Å². The van der Waals surface area contributed by atoms with E-state index in [1.807, 2.05) is 0 Å². The molecule has 0 amide bonds. The summed E-state index contributed by atoms with van der Waals surface area (Å²) in [5.74, 6) is -0.894. The fourth-order valence-electron chi connectivity index (χ4n) is 2.12. The largest absolute Gasteiger partial charge is 0.505 e. The Morgan fingerprint density at radius 2 is 1.93 bits per heavy atom. The summed E-state index contributed by atoms with van der Waals surface area (Å²) >= 11 is 0. The van der Waals surface area contributed by atoms with Crippen LogP contribution in [0.5, 0.6) is 5.75 Å². The van der Waals surface area contributed by atoms with Crippen LogP contribution >= 0.6 is 0 Å². The molecule has 2 rings (SSSR count). The summed E-state index contributed by atoms with van der Waals surface area (Å²) in [4.78, 5) is 0. The van der Waals surface area contributed by atoms with Gasteiger partial charge in [0.15, 0.2) is 11.6 Å². The second-order valence-electron chi connectivity index (χ2n) is 4.03. The quantitative estimate of drug-likeness (QED) is 0.722. The average molecular weight is 195 g/mol. The second kappa shape index (κ2) is 3.24. The third-order valence-corrected chi connectivity index (χ3v) is 3.02. The lowest BCUT2D eigenvalue weighted by molar-refractivity contribution is 0.420. The van der Waals surface area contributed by atoms with Crippen molar-refractivity contribution in [2.75, 3.05) is 0 Å².